The van der Waals surface area contributed by atoms with Crippen LogP contribution in [0.3, 0.4) is 0 Å². The normalized spacial score (nSPS) is 30.6. The molecule has 0 aromatic heterocycles. The summed E-state index contributed by atoms with van der Waals surface area (Å²) in [6.45, 7) is 0. The molecule has 0 spiro atoms. The summed E-state index contributed by atoms with van der Waals surface area (Å²) in [6.07, 6.45) is 18.1. The summed E-state index contributed by atoms with van der Waals surface area (Å²) in [5, 5.41) is 8.50. The fourth-order valence-electron chi connectivity index (χ4n) is 4.79. The Bertz CT molecular complexity index is 621. The second kappa shape index (κ2) is 8.99. The Balaban J connectivity index is 1.43. The van der Waals surface area contributed by atoms with E-state index in [2.05, 4.69) is 6.08 Å². The van der Waals surface area contributed by atoms with Crippen molar-refractivity contribution in [2.75, 3.05) is 0 Å². The van der Waals surface area contributed by atoms with Gasteiger partial charge in [-0.15, -0.1) is 0 Å². The molecule has 0 unspecified atom stereocenters. The quantitative estimate of drug-likeness (QED) is 0.452. The van der Waals surface area contributed by atoms with Crippen molar-refractivity contribution in [3.8, 4) is 6.07 Å². The van der Waals surface area contributed by atoms with Gasteiger partial charge in [-0.2, -0.15) is 5.26 Å². The fourth-order valence-corrected chi connectivity index (χ4v) is 4.79. The molecule has 2 heteroatoms. The van der Waals surface area contributed by atoms with Crippen LogP contribution in [0.2, 0.25) is 0 Å². The minimum atomic E-state index is -0.133. The summed E-state index contributed by atoms with van der Waals surface area (Å²) in [4.78, 5) is 0. The largest absolute Gasteiger partial charge is 0.207 e. The van der Waals surface area contributed by atoms with E-state index in [9.17, 15) is 4.39 Å². The molecule has 2 saturated carbocycles. The molecule has 0 amide bonds. The van der Waals surface area contributed by atoms with Crippen LogP contribution in [0.1, 0.15) is 62.8 Å². The van der Waals surface area contributed by atoms with Crippen LogP contribution < -0.4 is 0 Å². The van der Waals surface area contributed by atoms with Crippen molar-refractivity contribution in [3.05, 3.63) is 60.0 Å². The van der Waals surface area contributed by atoms with Crippen LogP contribution in [-0.4, -0.2) is 0 Å². The first-order chi connectivity index (χ1) is 12.3. The monoisotopic (exact) mass is 337 g/mol. The van der Waals surface area contributed by atoms with Crippen LogP contribution in [-0.2, 0) is 0 Å². The molecule has 0 bridgehead atoms. The molecular formula is C23H28FN. The van der Waals surface area contributed by atoms with Gasteiger partial charge in [-0.1, -0.05) is 30.4 Å². The minimum absolute atomic E-state index is 0.133. The summed E-state index contributed by atoms with van der Waals surface area (Å²) >= 11 is 0. The minimum Gasteiger partial charge on any atom is -0.207 e. The molecule has 0 N–H and O–H groups in total. The number of nitrogens with zero attached hydrogens (tertiary/aromatic N) is 1. The number of nitriles is 1. The van der Waals surface area contributed by atoms with E-state index in [1.807, 2.05) is 30.4 Å². The average molecular weight is 337 g/mol. The van der Waals surface area contributed by atoms with E-state index < -0.39 is 0 Å². The molecule has 3 rings (SSSR count). The Hall–Kier alpha value is -1.88. The van der Waals surface area contributed by atoms with Crippen LogP contribution in [0, 0.1) is 34.9 Å². The summed E-state index contributed by atoms with van der Waals surface area (Å²) < 4.78 is 13.1. The Morgan fingerprint density at radius 3 is 2.04 bits per heavy atom. The molecule has 1 aromatic carbocycles. The molecule has 0 atom stereocenters. The van der Waals surface area contributed by atoms with Crippen molar-refractivity contribution in [1.82, 2.24) is 0 Å². The SMILES string of the molecule is N#C/C=C/C=C/C1CCC(C2CCC(c3ccc(F)cc3)CC2)CC1. The Labute approximate surface area is 151 Å². The van der Waals surface area contributed by atoms with Gasteiger partial charge in [0.25, 0.3) is 0 Å². The smallest absolute Gasteiger partial charge is 0.123 e. The van der Waals surface area contributed by atoms with Gasteiger partial charge in [-0.3, -0.25) is 0 Å². The van der Waals surface area contributed by atoms with Crippen LogP contribution in [0.4, 0.5) is 4.39 Å². The molecular weight excluding hydrogens is 309 g/mol. The average Bonchev–Trinajstić information content (AvgIpc) is 2.67. The second-order valence-corrected chi connectivity index (χ2v) is 7.71. The maximum absolute atomic E-state index is 13.1. The lowest BCUT2D eigenvalue weighted by Crippen LogP contribution is -2.25. The van der Waals surface area contributed by atoms with Crippen LogP contribution in [0.15, 0.2) is 48.6 Å². The summed E-state index contributed by atoms with van der Waals surface area (Å²) in [5.41, 5.74) is 1.32. The van der Waals surface area contributed by atoms with Crippen molar-refractivity contribution < 1.29 is 4.39 Å². The molecule has 2 aliphatic rings. The van der Waals surface area contributed by atoms with Crippen molar-refractivity contribution in [3.63, 3.8) is 0 Å². The van der Waals surface area contributed by atoms with E-state index in [0.717, 1.165) is 11.8 Å². The summed E-state index contributed by atoms with van der Waals surface area (Å²) in [7, 11) is 0. The van der Waals surface area contributed by atoms with E-state index in [1.165, 1.54) is 63.0 Å². The molecule has 1 aromatic rings. The summed E-state index contributed by atoms with van der Waals surface area (Å²) in [5.74, 6) is 2.97. The molecule has 0 heterocycles. The molecule has 132 valence electrons. The third-order valence-corrected chi connectivity index (χ3v) is 6.26. The lowest BCUT2D eigenvalue weighted by Gasteiger charge is -2.37. The maximum Gasteiger partial charge on any atom is 0.123 e. The molecule has 1 nitrogen and oxygen atoms in total. The molecule has 0 radical (unpaired) electrons. The van der Waals surface area contributed by atoms with Crippen LogP contribution in [0.5, 0.6) is 0 Å². The predicted octanol–water partition coefficient (Wildman–Crippen LogP) is 6.54. The third kappa shape index (κ3) is 5.05. The first kappa shape index (κ1) is 17.9. The third-order valence-electron chi connectivity index (χ3n) is 6.26. The topological polar surface area (TPSA) is 23.8 Å². The van der Waals surface area contributed by atoms with Gasteiger partial charge in [0.15, 0.2) is 0 Å². The zero-order valence-corrected chi connectivity index (χ0v) is 14.9. The van der Waals surface area contributed by atoms with Crippen molar-refractivity contribution in [2.45, 2.75) is 57.3 Å². The highest BCUT2D eigenvalue weighted by molar-refractivity contribution is 5.21. The molecule has 0 saturated heterocycles. The number of hydrogen-bond acceptors (Lipinski definition) is 1. The van der Waals surface area contributed by atoms with Gasteiger partial charge < -0.3 is 0 Å². The van der Waals surface area contributed by atoms with Crippen molar-refractivity contribution in [1.29, 1.82) is 5.26 Å². The highest BCUT2D eigenvalue weighted by Gasteiger charge is 2.30. The van der Waals surface area contributed by atoms with Crippen LogP contribution in [0.25, 0.3) is 0 Å². The fraction of sp³-hybridized carbons (Fsp3) is 0.522. The van der Waals surface area contributed by atoms with E-state index in [0.29, 0.717) is 11.8 Å². The van der Waals surface area contributed by atoms with E-state index in [4.69, 9.17) is 5.26 Å². The number of allylic oxidation sites excluding steroid dienone is 4. The number of halogens is 1. The maximum atomic E-state index is 13.1. The zero-order chi connectivity index (χ0) is 17.5. The zero-order valence-electron chi connectivity index (χ0n) is 14.9. The van der Waals surface area contributed by atoms with E-state index in [1.54, 1.807) is 12.1 Å². The van der Waals surface area contributed by atoms with Gasteiger partial charge in [0.1, 0.15) is 5.82 Å². The number of rotatable bonds is 4. The van der Waals surface area contributed by atoms with E-state index >= 15 is 0 Å². The molecule has 0 aliphatic heterocycles. The molecule has 25 heavy (non-hydrogen) atoms. The molecule has 2 fully saturated rings. The second-order valence-electron chi connectivity index (χ2n) is 7.71. The highest BCUT2D eigenvalue weighted by atomic mass is 19.1. The Morgan fingerprint density at radius 1 is 0.840 bits per heavy atom. The van der Waals surface area contributed by atoms with Gasteiger partial charge in [-0.25, -0.2) is 4.39 Å². The first-order valence-electron chi connectivity index (χ1n) is 9.74. The first-order valence-corrected chi connectivity index (χ1v) is 9.74. The lowest BCUT2D eigenvalue weighted by atomic mass is 9.68. The van der Waals surface area contributed by atoms with Gasteiger partial charge >= 0.3 is 0 Å². The lowest BCUT2D eigenvalue weighted by molar-refractivity contribution is 0.171. The van der Waals surface area contributed by atoms with Crippen LogP contribution >= 0.6 is 0 Å². The Morgan fingerprint density at radius 2 is 1.44 bits per heavy atom. The number of hydrogen-bond donors (Lipinski definition) is 0. The standard InChI is InChI=1S/C23H28FN/c24-23-15-13-22(14-16-23)21-11-9-20(10-12-21)19-7-5-18(6-8-19)4-2-1-3-17-25/h1-4,13-16,18-21H,5-12H2/b3-1+,4-2+. The van der Waals surface area contributed by atoms with E-state index in [-0.39, 0.29) is 5.82 Å². The predicted molar refractivity (Wildman–Crippen MR) is 100 cm³/mol. The Kier molecular flexibility index (Phi) is 6.45. The van der Waals surface area contributed by atoms with Gasteiger partial charge in [-0.05, 0) is 92.7 Å². The summed E-state index contributed by atoms with van der Waals surface area (Å²) in [6, 6.07) is 9.16. The van der Waals surface area contributed by atoms with Gasteiger partial charge in [0.2, 0.25) is 0 Å². The molecule has 2 aliphatic carbocycles. The van der Waals surface area contributed by atoms with Crippen molar-refractivity contribution >= 4 is 0 Å². The highest BCUT2D eigenvalue weighted by Crippen LogP contribution is 2.44. The van der Waals surface area contributed by atoms with Crippen molar-refractivity contribution in [2.24, 2.45) is 17.8 Å². The number of benzene rings is 1. The van der Waals surface area contributed by atoms with Gasteiger partial charge in [0, 0.05) is 6.08 Å². The van der Waals surface area contributed by atoms with Gasteiger partial charge in [0.05, 0.1) is 6.07 Å².